The van der Waals surface area contributed by atoms with Crippen molar-refractivity contribution in [3.8, 4) is 0 Å². The molecule has 4 fully saturated rings. The number of alkyl halides is 3. The summed E-state index contributed by atoms with van der Waals surface area (Å²) < 4.78 is 38.1. The van der Waals surface area contributed by atoms with Crippen LogP contribution in [0.25, 0.3) is 0 Å². The van der Waals surface area contributed by atoms with Gasteiger partial charge in [0, 0.05) is 49.7 Å². The lowest BCUT2D eigenvalue weighted by Crippen LogP contribution is -2.59. The van der Waals surface area contributed by atoms with E-state index in [2.05, 4.69) is 25.5 Å². The molecule has 2 bridgehead atoms. The molecule has 4 aliphatic rings. The third-order valence-corrected chi connectivity index (χ3v) is 7.09. The fourth-order valence-corrected chi connectivity index (χ4v) is 5.40. The molecule has 3 saturated carbocycles. The SMILES string of the molecule is Cc1cc(N[C@]23CC[C@](C(=O)N4CCN(c5ncc(C(F)(F)F)cn5)CC4)(C2)C3)n[nH]c1=O. The number of aromatic nitrogens is 4. The van der Waals surface area contributed by atoms with Crippen molar-refractivity contribution in [2.45, 2.75) is 44.3 Å². The van der Waals surface area contributed by atoms with Crippen molar-refractivity contribution in [1.29, 1.82) is 0 Å². The summed E-state index contributed by atoms with van der Waals surface area (Å²) in [5.74, 6) is 0.987. The molecule has 2 aromatic rings. The van der Waals surface area contributed by atoms with Crippen LogP contribution < -0.4 is 15.8 Å². The number of amides is 1. The van der Waals surface area contributed by atoms with E-state index in [0.717, 1.165) is 38.1 Å². The number of aryl methyl sites for hydroxylation is 1. The number of carbonyl (C=O) groups is 1. The molecule has 1 aliphatic heterocycles. The molecule has 1 amide bonds. The number of halogens is 3. The molecule has 33 heavy (non-hydrogen) atoms. The first-order valence-electron chi connectivity index (χ1n) is 10.9. The van der Waals surface area contributed by atoms with E-state index in [4.69, 9.17) is 0 Å². The lowest BCUT2D eigenvalue weighted by molar-refractivity contribution is -0.147. The highest BCUT2D eigenvalue weighted by molar-refractivity contribution is 5.86. The summed E-state index contributed by atoms with van der Waals surface area (Å²) in [6.45, 7) is 3.62. The van der Waals surface area contributed by atoms with Gasteiger partial charge in [0.25, 0.3) is 5.56 Å². The summed E-state index contributed by atoms with van der Waals surface area (Å²) in [4.78, 5) is 36.2. The van der Waals surface area contributed by atoms with Crippen LogP contribution in [0.4, 0.5) is 24.9 Å². The second-order valence-electron chi connectivity index (χ2n) is 9.35. The molecule has 9 nitrogen and oxygen atoms in total. The number of H-pyrrole nitrogens is 1. The monoisotopic (exact) mass is 463 g/mol. The molecule has 6 rings (SSSR count). The predicted octanol–water partition coefficient (Wildman–Crippen LogP) is 1.96. The van der Waals surface area contributed by atoms with Crippen molar-refractivity contribution < 1.29 is 18.0 Å². The summed E-state index contributed by atoms with van der Waals surface area (Å²) in [5, 5.41) is 9.96. The van der Waals surface area contributed by atoms with E-state index in [1.807, 2.05) is 4.90 Å². The number of aromatic amines is 1. The van der Waals surface area contributed by atoms with Gasteiger partial charge in [-0.1, -0.05) is 0 Å². The highest BCUT2D eigenvalue weighted by Gasteiger charge is 2.65. The van der Waals surface area contributed by atoms with Gasteiger partial charge in [-0.3, -0.25) is 9.59 Å². The van der Waals surface area contributed by atoms with Crippen LogP contribution in [0.5, 0.6) is 0 Å². The normalized spacial score (nSPS) is 26.8. The first-order chi connectivity index (χ1) is 15.6. The lowest BCUT2D eigenvalue weighted by Gasteiger charge is -2.49. The molecular weight excluding hydrogens is 439 g/mol. The molecule has 12 heteroatoms. The number of carbonyl (C=O) groups excluding carboxylic acids is 1. The molecule has 3 aliphatic carbocycles. The third kappa shape index (κ3) is 3.80. The minimum Gasteiger partial charge on any atom is -0.363 e. The Morgan fingerprint density at radius 2 is 1.79 bits per heavy atom. The quantitative estimate of drug-likeness (QED) is 0.714. The van der Waals surface area contributed by atoms with Crippen molar-refractivity contribution in [3.05, 3.63) is 39.9 Å². The Morgan fingerprint density at radius 3 is 2.39 bits per heavy atom. The van der Waals surface area contributed by atoms with Gasteiger partial charge in [0.2, 0.25) is 11.9 Å². The van der Waals surface area contributed by atoms with Crippen LogP contribution in [0.15, 0.2) is 23.3 Å². The molecule has 176 valence electrons. The Morgan fingerprint density at radius 1 is 1.12 bits per heavy atom. The maximum absolute atomic E-state index is 13.3. The zero-order valence-corrected chi connectivity index (χ0v) is 18.1. The Hall–Kier alpha value is -3.18. The van der Waals surface area contributed by atoms with Gasteiger partial charge in [-0.25, -0.2) is 15.1 Å². The van der Waals surface area contributed by atoms with Crippen LogP contribution in [-0.4, -0.2) is 62.7 Å². The number of nitrogens with one attached hydrogen (secondary N) is 2. The van der Waals surface area contributed by atoms with E-state index in [1.165, 1.54) is 0 Å². The van der Waals surface area contributed by atoms with E-state index >= 15 is 0 Å². The van der Waals surface area contributed by atoms with Crippen LogP contribution in [0.1, 0.15) is 36.8 Å². The first kappa shape index (κ1) is 21.7. The Bertz CT molecular complexity index is 1120. The average Bonchev–Trinajstić information content (AvgIpc) is 3.32. The standard InChI is InChI=1S/C21H24F3N7O2/c1-13-8-15(28-29-16(13)32)27-20-3-2-19(11-20,12-20)17(33)30-4-6-31(7-5-30)18-25-9-14(10-26-18)21(22,23)24/h8-10H,2-7,11-12H2,1H3,(H,27,28)(H,29,32)/t19-,20+. The Kier molecular flexibility index (Phi) is 4.87. The van der Waals surface area contributed by atoms with Gasteiger partial charge in [0.05, 0.1) is 11.0 Å². The van der Waals surface area contributed by atoms with Gasteiger partial charge in [-0.2, -0.15) is 18.3 Å². The van der Waals surface area contributed by atoms with E-state index in [9.17, 15) is 22.8 Å². The summed E-state index contributed by atoms with van der Waals surface area (Å²) in [6, 6.07) is 1.72. The maximum atomic E-state index is 13.3. The second-order valence-corrected chi connectivity index (χ2v) is 9.35. The smallest absolute Gasteiger partial charge is 0.363 e. The zero-order chi connectivity index (χ0) is 23.4. The van der Waals surface area contributed by atoms with Crippen molar-refractivity contribution in [2.75, 3.05) is 36.4 Å². The fourth-order valence-electron chi connectivity index (χ4n) is 5.40. The molecule has 0 atom stereocenters. The van der Waals surface area contributed by atoms with Crippen molar-refractivity contribution in [3.63, 3.8) is 0 Å². The Labute approximate surface area is 187 Å². The molecule has 0 spiro atoms. The van der Waals surface area contributed by atoms with E-state index in [-0.39, 0.29) is 28.4 Å². The fraction of sp³-hybridized carbons (Fsp3) is 0.571. The average molecular weight is 463 g/mol. The number of piperazine rings is 1. The lowest BCUT2D eigenvalue weighted by atomic mass is 9.64. The number of fused-ring (bicyclic) bond motifs is 1. The van der Waals surface area contributed by atoms with Crippen LogP contribution >= 0.6 is 0 Å². The molecule has 2 aromatic heterocycles. The highest BCUT2D eigenvalue weighted by atomic mass is 19.4. The summed E-state index contributed by atoms with van der Waals surface area (Å²) in [6.07, 6.45) is 0.209. The maximum Gasteiger partial charge on any atom is 0.419 e. The summed E-state index contributed by atoms with van der Waals surface area (Å²) in [5.41, 5.74) is -1.07. The van der Waals surface area contributed by atoms with Crippen molar-refractivity contribution >= 4 is 17.7 Å². The van der Waals surface area contributed by atoms with E-state index < -0.39 is 11.7 Å². The number of hydrogen-bond donors (Lipinski definition) is 2. The molecular formula is C21H24F3N7O2. The van der Waals surface area contributed by atoms with Crippen LogP contribution in [0.3, 0.4) is 0 Å². The topological polar surface area (TPSA) is 107 Å². The van der Waals surface area contributed by atoms with E-state index in [1.54, 1.807) is 17.9 Å². The molecule has 2 N–H and O–H groups in total. The van der Waals surface area contributed by atoms with Crippen molar-refractivity contribution in [2.24, 2.45) is 5.41 Å². The van der Waals surface area contributed by atoms with Crippen LogP contribution in [0.2, 0.25) is 0 Å². The van der Waals surface area contributed by atoms with Gasteiger partial charge >= 0.3 is 6.18 Å². The van der Waals surface area contributed by atoms with Gasteiger partial charge in [-0.15, -0.1) is 0 Å². The number of rotatable bonds is 4. The second kappa shape index (κ2) is 7.42. The molecule has 0 radical (unpaired) electrons. The molecule has 0 unspecified atom stereocenters. The third-order valence-electron chi connectivity index (χ3n) is 7.09. The first-order valence-corrected chi connectivity index (χ1v) is 10.9. The van der Waals surface area contributed by atoms with Crippen molar-refractivity contribution in [1.82, 2.24) is 25.1 Å². The van der Waals surface area contributed by atoms with Gasteiger partial charge in [0.15, 0.2) is 0 Å². The molecule has 0 aromatic carbocycles. The Balaban J connectivity index is 1.17. The van der Waals surface area contributed by atoms with Gasteiger partial charge < -0.3 is 15.1 Å². The summed E-state index contributed by atoms with van der Waals surface area (Å²) in [7, 11) is 0. The van der Waals surface area contributed by atoms with Gasteiger partial charge in [0.1, 0.15) is 5.82 Å². The van der Waals surface area contributed by atoms with Crippen LogP contribution in [-0.2, 0) is 11.0 Å². The molecule has 3 heterocycles. The number of hydrogen-bond acceptors (Lipinski definition) is 7. The number of nitrogens with zero attached hydrogens (tertiary/aromatic N) is 5. The summed E-state index contributed by atoms with van der Waals surface area (Å²) >= 11 is 0. The zero-order valence-electron chi connectivity index (χ0n) is 18.1. The molecule has 1 saturated heterocycles. The largest absolute Gasteiger partial charge is 0.419 e. The highest BCUT2D eigenvalue weighted by Crippen LogP contribution is 2.63. The number of anilines is 2. The minimum atomic E-state index is -4.47. The van der Waals surface area contributed by atoms with Gasteiger partial charge in [-0.05, 0) is 38.7 Å². The van der Waals surface area contributed by atoms with E-state index in [0.29, 0.717) is 37.6 Å². The van der Waals surface area contributed by atoms with Crippen LogP contribution in [0, 0.1) is 12.3 Å². The minimum absolute atomic E-state index is 0.135. The predicted molar refractivity (Wildman–Crippen MR) is 113 cm³/mol.